The Morgan fingerprint density at radius 2 is 2.46 bits per heavy atom. The molecule has 0 spiro atoms. The van der Waals surface area contributed by atoms with E-state index >= 15 is 0 Å². The maximum Gasteiger partial charge on any atom is 0.242 e. The highest BCUT2D eigenvalue weighted by molar-refractivity contribution is 5.27. The number of nitrogens with two attached hydrogens (primary N) is 1. The largest absolute Gasteiger partial charge is 0.350 e. The lowest BCUT2D eigenvalue weighted by molar-refractivity contribution is 0.705. The first-order valence-electron chi connectivity index (χ1n) is 4.67. The van der Waals surface area contributed by atoms with Crippen LogP contribution in [0.15, 0.2) is 0 Å². The van der Waals surface area contributed by atoms with E-state index in [1.165, 1.54) is 12.8 Å². The smallest absolute Gasteiger partial charge is 0.242 e. The summed E-state index contributed by atoms with van der Waals surface area (Å²) in [5.74, 6) is 1.57. The van der Waals surface area contributed by atoms with Crippen LogP contribution in [0.2, 0.25) is 0 Å². The highest BCUT2D eigenvalue weighted by Crippen LogP contribution is 2.22. The lowest BCUT2D eigenvalue weighted by Gasteiger charge is -1.98. The van der Waals surface area contributed by atoms with E-state index in [1.807, 2.05) is 6.92 Å². The quantitative estimate of drug-likeness (QED) is 0.623. The molecule has 13 heavy (non-hydrogen) atoms. The van der Waals surface area contributed by atoms with Crippen LogP contribution in [0.4, 0.5) is 5.95 Å². The van der Waals surface area contributed by atoms with Crippen molar-refractivity contribution in [3.63, 3.8) is 0 Å². The van der Waals surface area contributed by atoms with Gasteiger partial charge in [-0.1, -0.05) is 0 Å². The maximum absolute atomic E-state index is 5.64. The number of H-pyrrole nitrogens is 1. The summed E-state index contributed by atoms with van der Waals surface area (Å²) in [4.78, 5) is 4.27. The van der Waals surface area contributed by atoms with Crippen LogP contribution in [0.3, 0.4) is 0 Å². The van der Waals surface area contributed by atoms with E-state index in [4.69, 9.17) is 5.73 Å². The lowest BCUT2D eigenvalue weighted by Crippen LogP contribution is -2.18. The fourth-order valence-corrected chi connectivity index (χ4v) is 1.17. The number of nitrogens with zero attached hydrogens (tertiary/aromatic N) is 2. The van der Waals surface area contributed by atoms with Crippen molar-refractivity contribution in [1.29, 1.82) is 0 Å². The summed E-state index contributed by atoms with van der Waals surface area (Å²) in [6.07, 6.45) is 3.22. The van der Waals surface area contributed by atoms with Gasteiger partial charge in [-0.2, -0.15) is 4.98 Å². The molecule has 4 N–H and O–H groups in total. The first-order chi connectivity index (χ1) is 6.24. The zero-order valence-corrected chi connectivity index (χ0v) is 7.75. The third kappa shape index (κ3) is 2.42. The summed E-state index contributed by atoms with van der Waals surface area (Å²) in [7, 11) is 0. The van der Waals surface area contributed by atoms with Gasteiger partial charge in [-0.05, 0) is 19.8 Å². The predicted octanol–water partition coefficient (Wildman–Crippen LogP) is 0.269. The first-order valence-corrected chi connectivity index (χ1v) is 4.67. The van der Waals surface area contributed by atoms with Crippen LogP contribution in [0.25, 0.3) is 0 Å². The Morgan fingerprint density at radius 3 is 3.08 bits per heavy atom. The first kappa shape index (κ1) is 8.50. The SMILES string of the molecule is CC(N)Cc1nc(NC2CC2)n[nH]1. The van der Waals surface area contributed by atoms with Crippen LogP contribution >= 0.6 is 0 Å². The van der Waals surface area contributed by atoms with Crippen LogP contribution < -0.4 is 11.1 Å². The molecule has 1 aromatic heterocycles. The Labute approximate surface area is 77.1 Å². The van der Waals surface area contributed by atoms with E-state index in [-0.39, 0.29) is 6.04 Å². The molecule has 1 aromatic rings. The van der Waals surface area contributed by atoms with E-state index in [0.29, 0.717) is 12.0 Å². The van der Waals surface area contributed by atoms with Gasteiger partial charge in [0.05, 0.1) is 0 Å². The number of aromatic nitrogens is 3. The van der Waals surface area contributed by atoms with E-state index in [9.17, 15) is 0 Å². The van der Waals surface area contributed by atoms with Crippen LogP contribution in [-0.2, 0) is 6.42 Å². The van der Waals surface area contributed by atoms with Gasteiger partial charge < -0.3 is 11.1 Å². The highest BCUT2D eigenvalue weighted by atomic mass is 15.3. The molecule has 1 saturated carbocycles. The molecule has 0 aliphatic heterocycles. The number of hydrogen-bond acceptors (Lipinski definition) is 4. The average Bonchev–Trinajstić information content (AvgIpc) is 2.73. The molecule has 0 radical (unpaired) electrons. The van der Waals surface area contributed by atoms with E-state index in [2.05, 4.69) is 20.5 Å². The van der Waals surface area contributed by atoms with Crippen LogP contribution in [0.5, 0.6) is 0 Å². The van der Waals surface area contributed by atoms with Crippen molar-refractivity contribution in [2.45, 2.75) is 38.3 Å². The van der Waals surface area contributed by atoms with E-state index in [0.717, 1.165) is 12.2 Å². The van der Waals surface area contributed by atoms with Gasteiger partial charge in [-0.25, -0.2) is 0 Å². The summed E-state index contributed by atoms with van der Waals surface area (Å²) in [5, 5.41) is 10.1. The molecule has 1 aliphatic carbocycles. The lowest BCUT2D eigenvalue weighted by atomic mass is 10.2. The van der Waals surface area contributed by atoms with Crippen LogP contribution in [-0.4, -0.2) is 27.3 Å². The maximum atomic E-state index is 5.64. The molecular formula is C8H15N5. The molecule has 0 aromatic carbocycles. The fourth-order valence-electron chi connectivity index (χ4n) is 1.17. The van der Waals surface area contributed by atoms with Gasteiger partial charge in [0, 0.05) is 18.5 Å². The third-order valence-electron chi connectivity index (χ3n) is 1.96. The molecule has 1 fully saturated rings. The van der Waals surface area contributed by atoms with Crippen molar-refractivity contribution in [2.75, 3.05) is 5.32 Å². The summed E-state index contributed by atoms with van der Waals surface area (Å²) in [6, 6.07) is 0.723. The van der Waals surface area contributed by atoms with Gasteiger partial charge >= 0.3 is 0 Å². The zero-order chi connectivity index (χ0) is 9.26. The van der Waals surface area contributed by atoms with Crippen molar-refractivity contribution >= 4 is 5.95 Å². The molecule has 2 rings (SSSR count). The molecule has 1 heterocycles. The minimum atomic E-state index is 0.127. The Bertz CT molecular complexity index is 257. The molecule has 0 amide bonds. The van der Waals surface area contributed by atoms with E-state index < -0.39 is 0 Å². The van der Waals surface area contributed by atoms with Gasteiger partial charge in [0.15, 0.2) is 0 Å². The van der Waals surface area contributed by atoms with E-state index in [1.54, 1.807) is 0 Å². The normalized spacial score (nSPS) is 18.6. The second-order valence-electron chi connectivity index (χ2n) is 3.71. The van der Waals surface area contributed by atoms with Crippen molar-refractivity contribution in [3.05, 3.63) is 5.82 Å². The molecule has 1 atom stereocenters. The van der Waals surface area contributed by atoms with Gasteiger partial charge in [-0.3, -0.25) is 5.10 Å². The Kier molecular flexibility index (Phi) is 2.18. The number of anilines is 1. The van der Waals surface area contributed by atoms with Crippen molar-refractivity contribution in [2.24, 2.45) is 5.73 Å². The number of rotatable bonds is 4. The second-order valence-corrected chi connectivity index (χ2v) is 3.71. The number of nitrogens with one attached hydrogen (secondary N) is 2. The summed E-state index contributed by atoms with van der Waals surface area (Å²) < 4.78 is 0. The molecular weight excluding hydrogens is 166 g/mol. The van der Waals surface area contributed by atoms with Crippen LogP contribution in [0.1, 0.15) is 25.6 Å². The topological polar surface area (TPSA) is 79.6 Å². The molecule has 1 aliphatic rings. The number of aromatic amines is 1. The molecule has 0 saturated heterocycles. The van der Waals surface area contributed by atoms with Crippen LogP contribution in [0, 0.1) is 0 Å². The summed E-state index contributed by atoms with van der Waals surface area (Å²) >= 11 is 0. The summed E-state index contributed by atoms with van der Waals surface area (Å²) in [5.41, 5.74) is 5.64. The Balaban J connectivity index is 1.91. The predicted molar refractivity (Wildman–Crippen MR) is 50.4 cm³/mol. The second kappa shape index (κ2) is 3.33. The minimum Gasteiger partial charge on any atom is -0.350 e. The molecule has 5 heteroatoms. The van der Waals surface area contributed by atoms with Crippen molar-refractivity contribution < 1.29 is 0 Å². The molecule has 0 bridgehead atoms. The standard InChI is InChI=1S/C8H15N5/c1-5(9)4-7-11-8(13-12-7)10-6-2-3-6/h5-6H,2-4,9H2,1H3,(H2,10,11,12,13). The van der Waals surface area contributed by atoms with Gasteiger partial charge in [0.2, 0.25) is 5.95 Å². The average molecular weight is 181 g/mol. The Morgan fingerprint density at radius 1 is 1.69 bits per heavy atom. The van der Waals surface area contributed by atoms with Crippen molar-refractivity contribution in [3.8, 4) is 0 Å². The van der Waals surface area contributed by atoms with Gasteiger partial charge in [-0.15, -0.1) is 5.10 Å². The summed E-state index contributed by atoms with van der Waals surface area (Å²) in [6.45, 7) is 1.95. The Hall–Kier alpha value is -1.10. The zero-order valence-electron chi connectivity index (χ0n) is 7.75. The molecule has 1 unspecified atom stereocenters. The van der Waals surface area contributed by atoms with Crippen molar-refractivity contribution in [1.82, 2.24) is 15.2 Å². The van der Waals surface area contributed by atoms with Gasteiger partial charge in [0.25, 0.3) is 0 Å². The molecule has 5 nitrogen and oxygen atoms in total. The number of hydrogen-bond donors (Lipinski definition) is 3. The third-order valence-corrected chi connectivity index (χ3v) is 1.96. The minimum absolute atomic E-state index is 0.127. The monoisotopic (exact) mass is 181 g/mol. The fraction of sp³-hybridized carbons (Fsp3) is 0.750. The van der Waals surface area contributed by atoms with Gasteiger partial charge in [0.1, 0.15) is 5.82 Å². The molecule has 72 valence electrons. The highest BCUT2D eigenvalue weighted by Gasteiger charge is 2.22.